The lowest BCUT2D eigenvalue weighted by Crippen LogP contribution is -2.53. The number of nitrogens with one attached hydrogen (secondary N) is 2. The molecule has 3 saturated heterocycles. The number of hydrogen-bond acceptors (Lipinski definition) is 5. The number of amides is 4. The van der Waals surface area contributed by atoms with Gasteiger partial charge in [-0.2, -0.15) is 0 Å². The Morgan fingerprint density at radius 1 is 1.35 bits per heavy atom. The van der Waals surface area contributed by atoms with E-state index < -0.39 is 35.9 Å². The third-order valence-corrected chi connectivity index (χ3v) is 6.26. The molecule has 1 aromatic rings. The Kier molecular flexibility index (Phi) is 5.85. The van der Waals surface area contributed by atoms with Gasteiger partial charge in [-0.1, -0.05) is 11.6 Å². The molecule has 1 aromatic carbocycles. The number of ether oxygens (including phenoxy) is 1. The van der Waals surface area contributed by atoms with Crippen molar-refractivity contribution in [1.29, 1.82) is 0 Å². The van der Waals surface area contributed by atoms with Gasteiger partial charge in [0.05, 0.1) is 11.1 Å². The molecule has 9 nitrogen and oxygen atoms in total. The molecule has 4 atom stereocenters. The number of methoxy groups -OCH3 is 1. The highest BCUT2D eigenvalue weighted by Gasteiger charge is 2.52. The smallest absolute Gasteiger partial charge is 0.251 e. The zero-order valence-corrected chi connectivity index (χ0v) is 17.5. The van der Waals surface area contributed by atoms with Gasteiger partial charge in [0.2, 0.25) is 17.7 Å². The molecule has 3 fully saturated rings. The Morgan fingerprint density at radius 2 is 2.13 bits per heavy atom. The minimum atomic E-state index is -0.790. The van der Waals surface area contributed by atoms with Crippen molar-refractivity contribution in [3.8, 4) is 0 Å². The summed E-state index contributed by atoms with van der Waals surface area (Å²) in [6.45, 7) is 0.341. The van der Waals surface area contributed by atoms with E-state index in [1.807, 2.05) is 0 Å². The molecule has 0 saturated carbocycles. The van der Waals surface area contributed by atoms with Crippen molar-refractivity contribution in [2.45, 2.75) is 37.0 Å². The van der Waals surface area contributed by atoms with Gasteiger partial charge in [0, 0.05) is 31.8 Å². The molecule has 3 heterocycles. The van der Waals surface area contributed by atoms with Crippen molar-refractivity contribution in [3.05, 3.63) is 34.6 Å². The average molecular weight is 453 g/mol. The molecule has 166 valence electrons. The molecule has 2 N–H and O–H groups in total. The fourth-order valence-electron chi connectivity index (χ4n) is 4.52. The van der Waals surface area contributed by atoms with Crippen LogP contribution in [0.1, 0.15) is 23.2 Å². The molecule has 0 bridgehead atoms. The zero-order chi connectivity index (χ0) is 22.3. The van der Waals surface area contributed by atoms with E-state index in [0.717, 1.165) is 6.07 Å². The van der Waals surface area contributed by atoms with E-state index in [4.69, 9.17) is 16.3 Å². The maximum atomic E-state index is 13.3. The van der Waals surface area contributed by atoms with Crippen LogP contribution < -0.4 is 10.6 Å². The maximum Gasteiger partial charge on any atom is 0.251 e. The monoisotopic (exact) mass is 452 g/mol. The minimum Gasteiger partial charge on any atom is -0.375 e. The van der Waals surface area contributed by atoms with Gasteiger partial charge in [0.25, 0.3) is 5.91 Å². The summed E-state index contributed by atoms with van der Waals surface area (Å²) in [5.74, 6) is -2.05. The van der Waals surface area contributed by atoms with Gasteiger partial charge in [-0.25, -0.2) is 4.39 Å². The van der Waals surface area contributed by atoms with Crippen LogP contribution in [0.5, 0.6) is 0 Å². The van der Waals surface area contributed by atoms with E-state index in [2.05, 4.69) is 10.6 Å². The fourth-order valence-corrected chi connectivity index (χ4v) is 4.70. The number of likely N-dealkylation sites (tertiary alicyclic amines) is 1. The topological polar surface area (TPSA) is 108 Å². The first-order chi connectivity index (χ1) is 14.8. The van der Waals surface area contributed by atoms with Crippen LogP contribution in [0.3, 0.4) is 0 Å². The molecule has 4 amide bonds. The standard InChI is InChI=1S/C20H22ClFN4O5/c1-31-9-16(27)25-5-4-14-17(25)20(30)26-8-11(7-15(26)19(29)24-14)23-18(28)10-2-3-13(22)12(21)6-10/h2-3,6,11,14-15,17H,4-5,7-9H2,1H3,(H,23,28)(H,24,29)/t11-,14+,15+,17-/m0/s1. The van der Waals surface area contributed by atoms with Gasteiger partial charge in [0.15, 0.2) is 0 Å². The number of nitrogens with zero attached hydrogens (tertiary/aromatic N) is 2. The summed E-state index contributed by atoms with van der Waals surface area (Å²) >= 11 is 5.74. The quantitative estimate of drug-likeness (QED) is 0.664. The molecule has 0 unspecified atom stereocenters. The molecule has 31 heavy (non-hydrogen) atoms. The summed E-state index contributed by atoms with van der Waals surface area (Å²) in [5, 5.41) is 5.49. The molecular formula is C20H22ClFN4O5. The second-order valence-corrected chi connectivity index (χ2v) is 8.32. The molecule has 3 aliphatic rings. The summed E-state index contributed by atoms with van der Waals surface area (Å²) in [7, 11) is 1.40. The first-order valence-corrected chi connectivity index (χ1v) is 10.3. The van der Waals surface area contributed by atoms with Gasteiger partial charge in [0.1, 0.15) is 24.5 Å². The Hall–Kier alpha value is -2.72. The number of benzene rings is 1. The normalized spacial score (nSPS) is 27.5. The second kappa shape index (κ2) is 8.43. The van der Waals surface area contributed by atoms with Crippen molar-refractivity contribution >= 4 is 35.2 Å². The van der Waals surface area contributed by atoms with Crippen LogP contribution in [0.4, 0.5) is 4.39 Å². The predicted octanol–water partition coefficient (Wildman–Crippen LogP) is -0.0759. The summed E-state index contributed by atoms with van der Waals surface area (Å²) in [6, 6.07) is 1.19. The fraction of sp³-hybridized carbons (Fsp3) is 0.500. The Labute approximate surface area is 182 Å². The molecule has 11 heteroatoms. The van der Waals surface area contributed by atoms with E-state index in [-0.39, 0.29) is 47.9 Å². The van der Waals surface area contributed by atoms with Crippen LogP contribution in [0, 0.1) is 5.82 Å². The molecule has 3 aliphatic heterocycles. The lowest BCUT2D eigenvalue weighted by Gasteiger charge is -2.29. The van der Waals surface area contributed by atoms with Gasteiger partial charge < -0.3 is 25.2 Å². The first-order valence-electron chi connectivity index (χ1n) is 9.95. The van der Waals surface area contributed by atoms with Gasteiger partial charge in [-0.15, -0.1) is 0 Å². The van der Waals surface area contributed by atoms with E-state index in [0.29, 0.717) is 13.0 Å². The highest BCUT2D eigenvalue weighted by atomic mass is 35.5. The average Bonchev–Trinajstić information content (AvgIpc) is 3.32. The van der Waals surface area contributed by atoms with E-state index >= 15 is 0 Å². The Morgan fingerprint density at radius 3 is 2.84 bits per heavy atom. The zero-order valence-electron chi connectivity index (χ0n) is 16.8. The molecule has 0 aromatic heterocycles. The Balaban J connectivity index is 1.49. The summed E-state index contributed by atoms with van der Waals surface area (Å²) in [5.41, 5.74) is 0.177. The molecule has 0 aliphatic carbocycles. The first kappa shape index (κ1) is 21.5. The number of fused-ring (bicyclic) bond motifs is 2. The van der Waals surface area contributed by atoms with Gasteiger partial charge >= 0.3 is 0 Å². The molecule has 0 spiro atoms. The third kappa shape index (κ3) is 3.97. The predicted molar refractivity (Wildman–Crippen MR) is 107 cm³/mol. The van der Waals surface area contributed by atoms with Crippen LogP contribution in [-0.2, 0) is 19.1 Å². The van der Waals surface area contributed by atoms with Crippen molar-refractivity contribution in [1.82, 2.24) is 20.4 Å². The number of carbonyl (C=O) groups is 4. The lowest BCUT2D eigenvalue weighted by molar-refractivity contribution is -0.146. The maximum absolute atomic E-state index is 13.3. The Bertz CT molecular complexity index is 944. The van der Waals surface area contributed by atoms with E-state index in [1.165, 1.54) is 29.0 Å². The van der Waals surface area contributed by atoms with Gasteiger partial charge in [-0.3, -0.25) is 19.2 Å². The van der Waals surface area contributed by atoms with Crippen LogP contribution in [0.15, 0.2) is 18.2 Å². The van der Waals surface area contributed by atoms with Crippen molar-refractivity contribution in [2.75, 3.05) is 26.8 Å². The number of halogens is 2. The summed E-state index contributed by atoms with van der Waals surface area (Å²) in [4.78, 5) is 53.8. The lowest BCUT2D eigenvalue weighted by atomic mass is 10.1. The molecule has 4 rings (SSSR count). The highest BCUT2D eigenvalue weighted by molar-refractivity contribution is 6.31. The largest absolute Gasteiger partial charge is 0.375 e. The number of carbonyl (C=O) groups excluding carboxylic acids is 4. The van der Waals surface area contributed by atoms with Crippen LogP contribution >= 0.6 is 11.6 Å². The van der Waals surface area contributed by atoms with Crippen LogP contribution in [-0.4, -0.2) is 84.4 Å². The van der Waals surface area contributed by atoms with Crippen molar-refractivity contribution in [2.24, 2.45) is 0 Å². The molecular weight excluding hydrogens is 431 g/mol. The highest BCUT2D eigenvalue weighted by Crippen LogP contribution is 2.29. The van der Waals surface area contributed by atoms with E-state index in [1.54, 1.807) is 0 Å². The molecule has 0 radical (unpaired) electrons. The van der Waals surface area contributed by atoms with Gasteiger partial charge in [-0.05, 0) is 31.0 Å². The minimum absolute atomic E-state index is 0.132. The van der Waals surface area contributed by atoms with E-state index in [9.17, 15) is 23.6 Å². The second-order valence-electron chi connectivity index (χ2n) is 7.91. The third-order valence-electron chi connectivity index (χ3n) is 5.97. The number of rotatable bonds is 4. The van der Waals surface area contributed by atoms with Crippen molar-refractivity contribution in [3.63, 3.8) is 0 Å². The number of hydrogen-bond donors (Lipinski definition) is 2. The van der Waals surface area contributed by atoms with Crippen molar-refractivity contribution < 1.29 is 28.3 Å². The van der Waals surface area contributed by atoms with Crippen LogP contribution in [0.2, 0.25) is 5.02 Å². The SMILES string of the molecule is COCC(=O)N1CC[C@H]2NC(=O)[C@H]3C[C@H](NC(=O)c4ccc(F)c(Cl)c4)CN3C(=O)[C@H]21. The summed E-state index contributed by atoms with van der Waals surface area (Å²) in [6.07, 6.45) is 0.730. The van der Waals surface area contributed by atoms with Crippen LogP contribution in [0.25, 0.3) is 0 Å². The summed E-state index contributed by atoms with van der Waals surface area (Å²) < 4.78 is 18.3.